The van der Waals surface area contributed by atoms with Crippen LogP contribution in [-0.2, 0) is 4.79 Å². The monoisotopic (exact) mass is 302 g/mol. The van der Waals surface area contributed by atoms with Crippen molar-refractivity contribution < 1.29 is 110 Å². The Labute approximate surface area is 153 Å². The fraction of sp³-hybridized carbons (Fsp3) is 0.833. The van der Waals surface area contributed by atoms with Crippen molar-refractivity contribution in [3.63, 3.8) is 0 Å². The molecular formula is C6H13BNa2O10. The zero-order valence-corrected chi connectivity index (χ0v) is 14.4. The van der Waals surface area contributed by atoms with Gasteiger partial charge in [0.15, 0.2) is 6.10 Å². The summed E-state index contributed by atoms with van der Waals surface area (Å²) in [4.78, 5) is 10.1. The van der Waals surface area contributed by atoms with Crippen LogP contribution in [0.2, 0.25) is 0 Å². The molecule has 0 fully saturated rings. The molecular weight excluding hydrogens is 289 g/mol. The van der Waals surface area contributed by atoms with Gasteiger partial charge in [-0.05, 0) is 0 Å². The van der Waals surface area contributed by atoms with E-state index in [4.69, 9.17) is 45.7 Å². The Morgan fingerprint density at radius 1 is 1.05 bits per heavy atom. The van der Waals surface area contributed by atoms with Gasteiger partial charge in [0.25, 0.3) is 0 Å². The van der Waals surface area contributed by atoms with Crippen LogP contribution in [0.5, 0.6) is 0 Å². The average Bonchev–Trinajstić information content (AvgIpc) is 2.23. The van der Waals surface area contributed by atoms with E-state index in [9.17, 15) is 4.79 Å². The van der Waals surface area contributed by atoms with E-state index in [1.807, 2.05) is 0 Å². The van der Waals surface area contributed by atoms with Crippen molar-refractivity contribution in [3.05, 3.63) is 0 Å². The Balaban J connectivity index is -0.000000165. The van der Waals surface area contributed by atoms with Gasteiger partial charge in [-0.2, -0.15) is 0 Å². The Morgan fingerprint density at radius 2 is 1.37 bits per heavy atom. The van der Waals surface area contributed by atoms with Crippen LogP contribution in [0, 0.1) is 0 Å². The molecule has 4 unspecified atom stereocenters. The zero-order valence-electron chi connectivity index (χ0n) is 10.4. The minimum absolute atomic E-state index is 0. The second-order valence-electron chi connectivity index (χ2n) is 2.82. The molecule has 0 aliphatic carbocycles. The fourth-order valence-electron chi connectivity index (χ4n) is 0.668. The van der Waals surface area contributed by atoms with E-state index in [2.05, 4.69) is 0 Å². The summed E-state index contributed by atoms with van der Waals surface area (Å²) in [5.41, 5.74) is 0. The van der Waals surface area contributed by atoms with Gasteiger partial charge in [0.2, 0.25) is 0 Å². The summed E-state index contributed by atoms with van der Waals surface area (Å²) in [7, 11) is -2.67. The number of carboxylic acid groups (broad SMARTS) is 1. The molecule has 10 nitrogen and oxygen atoms in total. The van der Waals surface area contributed by atoms with Gasteiger partial charge < -0.3 is 45.7 Å². The van der Waals surface area contributed by atoms with Gasteiger partial charge in [-0.1, -0.05) is 0 Å². The fourth-order valence-corrected chi connectivity index (χ4v) is 0.668. The molecule has 0 aliphatic heterocycles. The van der Waals surface area contributed by atoms with Crippen molar-refractivity contribution in [3.8, 4) is 0 Å². The molecule has 13 heteroatoms. The van der Waals surface area contributed by atoms with E-state index in [0.29, 0.717) is 0 Å². The summed E-state index contributed by atoms with van der Waals surface area (Å²) in [6.45, 7) is -0.843. The van der Waals surface area contributed by atoms with E-state index in [1.54, 1.807) is 0 Å². The summed E-state index contributed by atoms with van der Waals surface area (Å²) in [5, 5.41) is 75.8. The molecule has 0 aliphatic rings. The minimum Gasteiger partial charge on any atom is -0.871 e. The quantitative estimate of drug-likeness (QED) is 0.239. The molecule has 4 atom stereocenters. The first-order chi connectivity index (χ1) is 7.64. The molecule has 7 N–H and O–H groups in total. The second kappa shape index (κ2) is 15.6. The number of hydrogen-bond acceptors (Lipinski definition) is 9. The number of carboxylic acids is 1. The summed E-state index contributed by atoms with van der Waals surface area (Å²) < 4.78 is 0. The number of aliphatic carboxylic acids is 1. The summed E-state index contributed by atoms with van der Waals surface area (Å²) in [5.74, 6) is -1.73. The maximum atomic E-state index is 10.1. The number of aliphatic hydroxyl groups is 5. The summed E-state index contributed by atoms with van der Waals surface area (Å²) in [6.07, 6.45) is -7.84. The van der Waals surface area contributed by atoms with Crippen molar-refractivity contribution in [2.75, 3.05) is 6.61 Å². The molecule has 0 heterocycles. The number of rotatable bonds is 5. The van der Waals surface area contributed by atoms with Crippen LogP contribution in [0.1, 0.15) is 0 Å². The smallest absolute Gasteiger partial charge is 0.871 e. The third-order valence-electron chi connectivity index (χ3n) is 1.51. The number of carbonyl (C=O) groups is 1. The van der Waals surface area contributed by atoms with Gasteiger partial charge in [-0.15, -0.1) is 0 Å². The Bertz CT molecular complexity index is 217. The van der Waals surface area contributed by atoms with Gasteiger partial charge in [0.05, 0.1) is 13.9 Å². The van der Waals surface area contributed by atoms with Crippen LogP contribution in [0.4, 0.5) is 0 Å². The predicted molar refractivity (Wildman–Crippen MR) is 46.7 cm³/mol. The first-order valence-corrected chi connectivity index (χ1v) is 4.20. The van der Waals surface area contributed by atoms with Crippen LogP contribution in [0.3, 0.4) is 0 Å². The molecule has 0 aromatic heterocycles. The Kier molecular flexibility index (Phi) is 23.3. The van der Waals surface area contributed by atoms with Crippen molar-refractivity contribution in [1.82, 2.24) is 0 Å². The molecule has 0 aromatic carbocycles. The number of hydrogen-bond donors (Lipinski definition) is 7. The zero-order chi connectivity index (χ0) is 14.2. The molecule has 0 saturated heterocycles. The van der Waals surface area contributed by atoms with Gasteiger partial charge >= 0.3 is 65.1 Å². The molecule has 0 saturated carbocycles. The van der Waals surface area contributed by atoms with Gasteiger partial charge in [0, 0.05) is 0 Å². The van der Waals surface area contributed by atoms with Crippen LogP contribution >= 0.6 is 0 Å². The normalized spacial score (nSPS) is 15.4. The van der Waals surface area contributed by atoms with E-state index in [0.717, 1.165) is 0 Å². The maximum absolute atomic E-state index is 10.1. The Morgan fingerprint density at radius 3 is 1.58 bits per heavy atom. The van der Waals surface area contributed by atoms with E-state index in [1.165, 1.54) is 0 Å². The van der Waals surface area contributed by atoms with E-state index < -0.39 is 44.3 Å². The summed E-state index contributed by atoms with van der Waals surface area (Å²) in [6, 6.07) is 0. The third-order valence-corrected chi connectivity index (χ3v) is 1.51. The van der Waals surface area contributed by atoms with Crippen LogP contribution < -0.4 is 69.2 Å². The SMILES string of the molecule is O=C(O)C(O)C(O)C(O)C(O)CO.[Na+].[Na+].[O-]B([O-])O. The van der Waals surface area contributed by atoms with Crippen molar-refractivity contribution in [2.45, 2.75) is 24.4 Å². The molecule has 19 heavy (non-hydrogen) atoms. The van der Waals surface area contributed by atoms with Crippen LogP contribution in [0.15, 0.2) is 0 Å². The first-order valence-electron chi connectivity index (χ1n) is 4.20. The predicted octanol–water partition coefficient (Wildman–Crippen LogP) is -12.8. The van der Waals surface area contributed by atoms with Crippen molar-refractivity contribution >= 4 is 13.3 Å². The molecule has 0 amide bonds. The molecule has 0 spiro atoms. The standard InChI is InChI=1S/C6H12O7.BHO3.2Na/c7-1-2(8)3(9)4(10)5(11)6(12)13;2-1(3)4;;/h2-5,7-11H,1H2,(H,12,13);2H;;/q;-2;2*+1. The largest absolute Gasteiger partial charge is 1.00 e. The minimum atomic E-state index is -2.67. The van der Waals surface area contributed by atoms with Crippen LogP contribution in [0.25, 0.3) is 0 Å². The second-order valence-corrected chi connectivity index (χ2v) is 2.82. The first kappa shape index (κ1) is 28.4. The Hall–Kier alpha value is 1.21. The average molecular weight is 302 g/mol. The molecule has 0 radical (unpaired) electrons. The molecule has 0 aromatic rings. The molecule has 0 bridgehead atoms. The van der Waals surface area contributed by atoms with Gasteiger partial charge in [0.1, 0.15) is 18.3 Å². The molecule has 102 valence electrons. The third kappa shape index (κ3) is 15.4. The van der Waals surface area contributed by atoms with Gasteiger partial charge in [-0.25, -0.2) is 4.79 Å². The van der Waals surface area contributed by atoms with E-state index in [-0.39, 0.29) is 59.1 Å². The number of aliphatic hydroxyl groups excluding tert-OH is 5. The van der Waals surface area contributed by atoms with Crippen LogP contribution in [-0.4, -0.2) is 80.0 Å². The van der Waals surface area contributed by atoms with Crippen molar-refractivity contribution in [2.24, 2.45) is 0 Å². The summed E-state index contributed by atoms with van der Waals surface area (Å²) >= 11 is 0. The molecule has 0 rings (SSSR count). The maximum Gasteiger partial charge on any atom is 1.00 e. The van der Waals surface area contributed by atoms with E-state index >= 15 is 0 Å². The van der Waals surface area contributed by atoms with Crippen molar-refractivity contribution in [1.29, 1.82) is 0 Å². The van der Waals surface area contributed by atoms with Gasteiger partial charge in [-0.3, -0.25) is 0 Å². The topological polar surface area (TPSA) is 205 Å².